The largest absolute Gasteiger partial charge is 0.490 e. The molecule has 0 spiro atoms. The fourth-order valence-corrected chi connectivity index (χ4v) is 0.722. The number of nitrogens with one attached hydrogen (secondary N) is 1. The summed E-state index contributed by atoms with van der Waals surface area (Å²) >= 11 is 0. The number of hydrogen-bond acceptors (Lipinski definition) is 4. The molecule has 0 fully saturated rings. The maximum absolute atomic E-state index is 10.7. The zero-order chi connectivity index (χ0) is 14.2. The summed E-state index contributed by atoms with van der Waals surface area (Å²) < 4.78 is 31.7. The van der Waals surface area contributed by atoms with Crippen molar-refractivity contribution in [3.05, 3.63) is 0 Å². The fourth-order valence-electron chi connectivity index (χ4n) is 0.722. The van der Waals surface area contributed by atoms with Gasteiger partial charge in [-0.25, -0.2) is 10.6 Å². The number of aliphatic carboxylic acids is 1. The average molecular weight is 259 g/mol. The van der Waals surface area contributed by atoms with Gasteiger partial charge in [-0.2, -0.15) is 13.2 Å². The molecule has 17 heavy (non-hydrogen) atoms. The van der Waals surface area contributed by atoms with Crippen LogP contribution < -0.4 is 17.0 Å². The third-order valence-corrected chi connectivity index (χ3v) is 1.45. The van der Waals surface area contributed by atoms with Crippen molar-refractivity contribution in [2.45, 2.75) is 32.5 Å². The van der Waals surface area contributed by atoms with Crippen LogP contribution in [-0.4, -0.2) is 29.2 Å². The maximum atomic E-state index is 10.7. The number of carboxylic acid groups (broad SMARTS) is 1. The summed E-state index contributed by atoms with van der Waals surface area (Å²) in [5.74, 6) is 2.24. The van der Waals surface area contributed by atoms with Gasteiger partial charge >= 0.3 is 12.1 Å². The van der Waals surface area contributed by atoms with Crippen LogP contribution in [0.15, 0.2) is 0 Å². The minimum Gasteiger partial charge on any atom is -0.475 e. The number of hydrazine groups is 1. The zero-order valence-electron chi connectivity index (χ0n) is 9.41. The number of carbonyl (C=O) groups is 2. The van der Waals surface area contributed by atoms with Gasteiger partial charge in [0, 0.05) is 0 Å². The Balaban J connectivity index is 0. The maximum Gasteiger partial charge on any atom is 0.490 e. The second-order valence-corrected chi connectivity index (χ2v) is 3.55. The summed E-state index contributed by atoms with van der Waals surface area (Å²) in [6.07, 6.45) is -4.41. The molecule has 1 atom stereocenters. The number of carboxylic acids is 1. The first-order valence-electron chi connectivity index (χ1n) is 4.58. The van der Waals surface area contributed by atoms with Gasteiger partial charge in [0.05, 0.1) is 6.04 Å². The Kier molecular flexibility index (Phi) is 8.32. The van der Waals surface area contributed by atoms with Gasteiger partial charge in [-0.05, 0) is 12.3 Å². The SMILES string of the molecule is CC(C)C[C@@H](N)C(=O)NN.O=C(O)C(F)(F)F. The van der Waals surface area contributed by atoms with Crippen LogP contribution in [0.25, 0.3) is 0 Å². The highest BCUT2D eigenvalue weighted by molar-refractivity contribution is 5.80. The minimum absolute atomic E-state index is 0.297. The van der Waals surface area contributed by atoms with Crippen molar-refractivity contribution >= 4 is 11.9 Å². The van der Waals surface area contributed by atoms with Crippen LogP contribution in [0.5, 0.6) is 0 Å². The lowest BCUT2D eigenvalue weighted by Gasteiger charge is -2.11. The van der Waals surface area contributed by atoms with Crippen LogP contribution in [0.2, 0.25) is 0 Å². The van der Waals surface area contributed by atoms with Crippen LogP contribution in [0.3, 0.4) is 0 Å². The number of alkyl halides is 3. The Bertz CT molecular complexity index is 256. The predicted octanol–water partition coefficient (Wildman–Crippen LogP) is -0.0170. The van der Waals surface area contributed by atoms with E-state index < -0.39 is 18.2 Å². The van der Waals surface area contributed by atoms with Gasteiger partial charge in [-0.1, -0.05) is 13.8 Å². The number of halogens is 3. The molecule has 0 aromatic heterocycles. The Morgan fingerprint density at radius 1 is 1.35 bits per heavy atom. The molecule has 0 heterocycles. The molecule has 0 aliphatic rings. The summed E-state index contributed by atoms with van der Waals surface area (Å²) in [5.41, 5.74) is 7.44. The average Bonchev–Trinajstić information content (AvgIpc) is 2.14. The predicted molar refractivity (Wildman–Crippen MR) is 53.5 cm³/mol. The molecular formula is C8H16F3N3O3. The van der Waals surface area contributed by atoms with Crippen molar-refractivity contribution in [1.29, 1.82) is 0 Å². The molecule has 0 aromatic carbocycles. The van der Waals surface area contributed by atoms with Gasteiger partial charge in [0.2, 0.25) is 0 Å². The summed E-state index contributed by atoms with van der Waals surface area (Å²) in [4.78, 5) is 19.6. The molecule has 9 heteroatoms. The third kappa shape index (κ3) is 10.9. The van der Waals surface area contributed by atoms with Crippen LogP contribution in [-0.2, 0) is 9.59 Å². The first-order valence-corrected chi connectivity index (χ1v) is 4.58. The van der Waals surface area contributed by atoms with E-state index in [1.807, 2.05) is 19.3 Å². The van der Waals surface area contributed by atoms with Crippen LogP contribution >= 0.6 is 0 Å². The molecule has 0 radical (unpaired) electrons. The molecular weight excluding hydrogens is 243 g/mol. The number of rotatable bonds is 3. The van der Waals surface area contributed by atoms with Crippen molar-refractivity contribution in [2.24, 2.45) is 17.5 Å². The van der Waals surface area contributed by atoms with Crippen molar-refractivity contribution in [2.75, 3.05) is 0 Å². The molecule has 0 rings (SSSR count). The fraction of sp³-hybridized carbons (Fsp3) is 0.750. The minimum atomic E-state index is -5.08. The monoisotopic (exact) mass is 259 g/mol. The molecule has 0 unspecified atom stereocenters. The van der Waals surface area contributed by atoms with Gasteiger partial charge in [0.15, 0.2) is 0 Å². The lowest BCUT2D eigenvalue weighted by Crippen LogP contribution is -2.44. The third-order valence-electron chi connectivity index (χ3n) is 1.45. The zero-order valence-corrected chi connectivity index (χ0v) is 9.41. The van der Waals surface area contributed by atoms with E-state index in [1.54, 1.807) is 0 Å². The van der Waals surface area contributed by atoms with Crippen molar-refractivity contribution in [1.82, 2.24) is 5.43 Å². The van der Waals surface area contributed by atoms with Gasteiger partial charge in [-0.15, -0.1) is 0 Å². The number of hydrogen-bond donors (Lipinski definition) is 4. The molecule has 102 valence electrons. The van der Waals surface area contributed by atoms with E-state index in [2.05, 4.69) is 0 Å². The molecule has 1 amide bonds. The topological polar surface area (TPSA) is 118 Å². The van der Waals surface area contributed by atoms with E-state index in [1.165, 1.54) is 0 Å². The Morgan fingerprint density at radius 2 is 1.71 bits per heavy atom. The Hall–Kier alpha value is -1.35. The normalized spacial score (nSPS) is 12.5. The van der Waals surface area contributed by atoms with Gasteiger partial charge in [0.25, 0.3) is 5.91 Å². The van der Waals surface area contributed by atoms with Crippen LogP contribution in [0, 0.1) is 5.92 Å². The summed E-state index contributed by atoms with van der Waals surface area (Å²) in [7, 11) is 0. The first kappa shape index (κ1) is 18.0. The lowest BCUT2D eigenvalue weighted by atomic mass is 10.0. The second-order valence-electron chi connectivity index (χ2n) is 3.55. The van der Waals surface area contributed by atoms with Gasteiger partial charge < -0.3 is 10.8 Å². The van der Waals surface area contributed by atoms with Crippen LogP contribution in [0.4, 0.5) is 13.2 Å². The molecule has 6 N–H and O–H groups in total. The Labute approximate surface area is 96.1 Å². The molecule has 0 aliphatic heterocycles. The lowest BCUT2D eigenvalue weighted by molar-refractivity contribution is -0.192. The van der Waals surface area contributed by atoms with E-state index in [4.69, 9.17) is 21.5 Å². The Morgan fingerprint density at radius 3 is 1.88 bits per heavy atom. The van der Waals surface area contributed by atoms with Gasteiger partial charge in [0.1, 0.15) is 0 Å². The number of nitrogens with two attached hydrogens (primary N) is 2. The summed E-state index contributed by atoms with van der Waals surface area (Å²) in [6.45, 7) is 4.01. The van der Waals surface area contributed by atoms with Crippen molar-refractivity contribution in [3.63, 3.8) is 0 Å². The van der Waals surface area contributed by atoms with E-state index in [0.29, 0.717) is 12.3 Å². The molecule has 0 saturated carbocycles. The quantitative estimate of drug-likeness (QED) is 0.323. The smallest absolute Gasteiger partial charge is 0.475 e. The van der Waals surface area contributed by atoms with E-state index in [-0.39, 0.29) is 5.91 Å². The van der Waals surface area contributed by atoms with Crippen LogP contribution in [0.1, 0.15) is 20.3 Å². The van der Waals surface area contributed by atoms with Crippen molar-refractivity contribution in [3.8, 4) is 0 Å². The molecule has 0 aliphatic carbocycles. The van der Waals surface area contributed by atoms with E-state index >= 15 is 0 Å². The standard InChI is InChI=1S/C6H15N3O.C2HF3O2/c1-4(2)3-5(7)6(10)9-8;3-2(4,5)1(6)7/h4-5H,3,7-8H2,1-2H3,(H,9,10);(H,6,7)/t5-;/m1./s1. The number of amides is 1. The number of carbonyl (C=O) groups excluding carboxylic acids is 1. The molecule has 0 aromatic rings. The highest BCUT2D eigenvalue weighted by Gasteiger charge is 2.38. The van der Waals surface area contributed by atoms with Gasteiger partial charge in [-0.3, -0.25) is 10.2 Å². The second kappa shape index (κ2) is 7.85. The summed E-state index contributed by atoms with van der Waals surface area (Å²) in [5, 5.41) is 7.12. The molecule has 6 nitrogen and oxygen atoms in total. The highest BCUT2D eigenvalue weighted by Crippen LogP contribution is 2.13. The highest BCUT2D eigenvalue weighted by atomic mass is 19.4. The molecule has 0 saturated heterocycles. The van der Waals surface area contributed by atoms with E-state index in [0.717, 1.165) is 0 Å². The first-order chi connectivity index (χ1) is 7.52. The van der Waals surface area contributed by atoms with Crippen molar-refractivity contribution < 1.29 is 27.9 Å². The van der Waals surface area contributed by atoms with E-state index in [9.17, 15) is 18.0 Å². The molecule has 0 bridgehead atoms. The summed E-state index contributed by atoms with van der Waals surface area (Å²) in [6, 6.07) is -0.468.